The first-order valence-electron chi connectivity index (χ1n) is 14.9. The Labute approximate surface area is 226 Å². The number of rotatable bonds is 8. The lowest BCUT2D eigenvalue weighted by Crippen LogP contribution is -2.46. The van der Waals surface area contributed by atoms with Crippen molar-refractivity contribution in [2.24, 2.45) is 23.2 Å². The SMILES string of the molecule is CC(C)(C(=O)O)c1cccc(NC(=O)c2nc(C3CCCCC3)[nH]c2CCC23CC4CC(CC(C4)C2)C3)c1. The summed E-state index contributed by atoms with van der Waals surface area (Å²) in [6.45, 7) is 3.37. The molecule has 0 unspecified atom stereocenters. The summed E-state index contributed by atoms with van der Waals surface area (Å²) in [5.41, 5.74) is 2.20. The molecule has 5 saturated carbocycles. The van der Waals surface area contributed by atoms with Gasteiger partial charge in [-0.2, -0.15) is 0 Å². The third-order valence-electron chi connectivity index (χ3n) is 10.5. The van der Waals surface area contributed by atoms with Gasteiger partial charge in [-0.05, 0) is 119 Å². The molecule has 1 aromatic heterocycles. The predicted octanol–water partition coefficient (Wildman–Crippen LogP) is 7.22. The van der Waals surface area contributed by atoms with Crippen LogP contribution >= 0.6 is 0 Å². The number of hydrogen-bond acceptors (Lipinski definition) is 3. The number of carbonyl (C=O) groups excluding carboxylic acids is 1. The third kappa shape index (κ3) is 4.91. The number of carboxylic acids is 1. The number of hydrogen-bond donors (Lipinski definition) is 3. The van der Waals surface area contributed by atoms with Gasteiger partial charge in [0.15, 0.2) is 0 Å². The molecule has 5 aliphatic rings. The summed E-state index contributed by atoms with van der Waals surface area (Å²) in [6, 6.07) is 7.21. The Morgan fingerprint density at radius 2 is 1.71 bits per heavy atom. The molecule has 0 radical (unpaired) electrons. The zero-order chi connectivity index (χ0) is 26.5. The Morgan fingerprint density at radius 1 is 1.05 bits per heavy atom. The van der Waals surface area contributed by atoms with Gasteiger partial charge in [-0.15, -0.1) is 0 Å². The predicted molar refractivity (Wildman–Crippen MR) is 148 cm³/mol. The molecule has 0 saturated heterocycles. The normalized spacial score (nSPS) is 28.9. The molecular weight excluding hydrogens is 474 g/mol. The molecular formula is C32H43N3O3. The molecule has 3 N–H and O–H groups in total. The van der Waals surface area contributed by atoms with E-state index in [2.05, 4.69) is 10.3 Å². The molecule has 5 fully saturated rings. The molecule has 204 valence electrons. The van der Waals surface area contributed by atoms with E-state index in [0.29, 0.717) is 28.3 Å². The van der Waals surface area contributed by atoms with Crippen molar-refractivity contribution in [2.45, 2.75) is 109 Å². The van der Waals surface area contributed by atoms with Crippen molar-refractivity contribution in [1.82, 2.24) is 9.97 Å². The van der Waals surface area contributed by atoms with Crippen LogP contribution in [-0.2, 0) is 16.6 Å². The molecule has 38 heavy (non-hydrogen) atoms. The van der Waals surface area contributed by atoms with Crippen LogP contribution in [0.1, 0.15) is 124 Å². The Bertz CT molecular complexity index is 1170. The summed E-state index contributed by atoms with van der Waals surface area (Å²) < 4.78 is 0. The summed E-state index contributed by atoms with van der Waals surface area (Å²) >= 11 is 0. The number of nitrogens with zero attached hydrogens (tertiary/aromatic N) is 1. The van der Waals surface area contributed by atoms with E-state index in [1.165, 1.54) is 57.8 Å². The van der Waals surface area contributed by atoms with Gasteiger partial charge in [-0.3, -0.25) is 9.59 Å². The Kier molecular flexibility index (Phi) is 6.64. The molecule has 2 aromatic rings. The molecule has 1 heterocycles. The monoisotopic (exact) mass is 517 g/mol. The van der Waals surface area contributed by atoms with Gasteiger partial charge in [-0.1, -0.05) is 31.4 Å². The molecule has 5 aliphatic carbocycles. The Balaban J connectivity index is 1.24. The van der Waals surface area contributed by atoms with Crippen molar-refractivity contribution in [3.05, 3.63) is 47.0 Å². The average molecular weight is 518 g/mol. The van der Waals surface area contributed by atoms with Crippen LogP contribution in [0.3, 0.4) is 0 Å². The van der Waals surface area contributed by atoms with E-state index in [9.17, 15) is 14.7 Å². The Hall–Kier alpha value is -2.63. The fraction of sp³-hybridized carbons (Fsp3) is 0.656. The number of carbonyl (C=O) groups is 2. The number of nitrogens with one attached hydrogen (secondary N) is 2. The fourth-order valence-corrected chi connectivity index (χ4v) is 8.65. The molecule has 0 aliphatic heterocycles. The Morgan fingerprint density at radius 3 is 2.34 bits per heavy atom. The highest BCUT2D eigenvalue weighted by Gasteiger charge is 2.50. The van der Waals surface area contributed by atoms with Gasteiger partial charge in [0.2, 0.25) is 0 Å². The highest BCUT2D eigenvalue weighted by atomic mass is 16.4. The summed E-state index contributed by atoms with van der Waals surface area (Å²) in [5, 5.41) is 12.7. The van der Waals surface area contributed by atoms with Crippen LogP contribution in [0.25, 0.3) is 0 Å². The number of imidazole rings is 1. The molecule has 1 amide bonds. The lowest BCUT2D eigenvalue weighted by Gasteiger charge is -2.57. The van der Waals surface area contributed by atoms with Crippen molar-refractivity contribution in [3.63, 3.8) is 0 Å². The van der Waals surface area contributed by atoms with Crippen LogP contribution in [0.15, 0.2) is 24.3 Å². The lowest BCUT2D eigenvalue weighted by atomic mass is 9.48. The summed E-state index contributed by atoms with van der Waals surface area (Å²) in [4.78, 5) is 34.0. The smallest absolute Gasteiger partial charge is 0.313 e. The number of aliphatic carboxylic acids is 1. The second-order valence-corrected chi connectivity index (χ2v) is 13.7. The standard InChI is InChI=1S/C32H43N3O3/c1-31(2,30(37)38)24-9-6-10-25(16-24)33-29(36)27-26(34-28(35-27)23-7-4-3-5-8-23)11-12-32-17-20-13-21(18-32)15-22(14-20)19-32/h6,9-10,16,20-23H,3-5,7-8,11-15,17-19H2,1-2H3,(H,33,36)(H,34,35)(H,37,38). The first-order valence-corrected chi connectivity index (χ1v) is 14.9. The van der Waals surface area contributed by atoms with E-state index < -0.39 is 11.4 Å². The van der Waals surface area contributed by atoms with Crippen molar-refractivity contribution < 1.29 is 14.7 Å². The van der Waals surface area contributed by atoms with Crippen LogP contribution in [-0.4, -0.2) is 27.0 Å². The summed E-state index contributed by atoms with van der Waals surface area (Å²) in [5.74, 6) is 3.06. The van der Waals surface area contributed by atoms with Gasteiger partial charge in [0.25, 0.3) is 5.91 Å². The van der Waals surface area contributed by atoms with Gasteiger partial charge < -0.3 is 15.4 Å². The maximum absolute atomic E-state index is 13.6. The van der Waals surface area contributed by atoms with Gasteiger partial charge in [0.1, 0.15) is 11.5 Å². The topological polar surface area (TPSA) is 95.1 Å². The highest BCUT2D eigenvalue weighted by Crippen LogP contribution is 2.61. The van der Waals surface area contributed by atoms with Crippen LogP contribution in [0.4, 0.5) is 5.69 Å². The van der Waals surface area contributed by atoms with Crippen LogP contribution in [0.2, 0.25) is 0 Å². The molecule has 0 atom stereocenters. The fourth-order valence-electron chi connectivity index (χ4n) is 8.65. The van der Waals surface area contributed by atoms with Crippen molar-refractivity contribution in [3.8, 4) is 0 Å². The number of anilines is 1. The van der Waals surface area contributed by atoms with Gasteiger partial charge in [-0.25, -0.2) is 4.98 Å². The summed E-state index contributed by atoms with van der Waals surface area (Å²) in [6.07, 6.45) is 16.5. The molecule has 4 bridgehead atoms. The van der Waals surface area contributed by atoms with Crippen LogP contribution in [0.5, 0.6) is 0 Å². The number of H-pyrrole nitrogens is 1. The van der Waals surface area contributed by atoms with Gasteiger partial charge in [0, 0.05) is 17.3 Å². The quantitative estimate of drug-likeness (QED) is 0.344. The van der Waals surface area contributed by atoms with Crippen LogP contribution in [0, 0.1) is 23.2 Å². The molecule has 7 rings (SSSR count). The average Bonchev–Trinajstić information content (AvgIpc) is 3.32. The first kappa shape index (κ1) is 25.6. The minimum atomic E-state index is -1.04. The third-order valence-corrected chi connectivity index (χ3v) is 10.5. The van der Waals surface area contributed by atoms with E-state index in [1.54, 1.807) is 26.0 Å². The second-order valence-electron chi connectivity index (χ2n) is 13.7. The number of aromatic amines is 1. The largest absolute Gasteiger partial charge is 0.481 e. The zero-order valence-electron chi connectivity index (χ0n) is 23.0. The first-order chi connectivity index (χ1) is 18.2. The number of benzene rings is 1. The van der Waals surface area contributed by atoms with Crippen molar-refractivity contribution in [2.75, 3.05) is 5.32 Å². The minimum absolute atomic E-state index is 0.200. The van der Waals surface area contributed by atoms with Gasteiger partial charge >= 0.3 is 5.97 Å². The molecule has 6 heteroatoms. The zero-order valence-corrected chi connectivity index (χ0v) is 23.0. The maximum atomic E-state index is 13.6. The van der Waals surface area contributed by atoms with Crippen molar-refractivity contribution in [1.29, 1.82) is 0 Å². The van der Waals surface area contributed by atoms with E-state index in [4.69, 9.17) is 4.98 Å². The van der Waals surface area contributed by atoms with E-state index in [0.717, 1.165) is 55.0 Å². The minimum Gasteiger partial charge on any atom is -0.481 e. The van der Waals surface area contributed by atoms with Gasteiger partial charge in [0.05, 0.1) is 5.41 Å². The highest BCUT2D eigenvalue weighted by molar-refractivity contribution is 6.03. The van der Waals surface area contributed by atoms with E-state index in [1.807, 2.05) is 12.1 Å². The summed E-state index contributed by atoms with van der Waals surface area (Å²) in [7, 11) is 0. The van der Waals surface area contributed by atoms with Crippen molar-refractivity contribution >= 4 is 17.6 Å². The van der Waals surface area contributed by atoms with Crippen LogP contribution < -0.4 is 5.32 Å². The molecule has 1 aromatic carbocycles. The number of carboxylic acid groups (broad SMARTS) is 1. The van der Waals surface area contributed by atoms with E-state index >= 15 is 0 Å². The molecule has 0 spiro atoms. The lowest BCUT2D eigenvalue weighted by molar-refractivity contribution is -0.142. The number of amides is 1. The maximum Gasteiger partial charge on any atom is 0.313 e. The molecule has 6 nitrogen and oxygen atoms in total. The van der Waals surface area contributed by atoms with E-state index in [-0.39, 0.29) is 5.91 Å². The second kappa shape index (κ2) is 9.84. The number of aromatic nitrogens is 2. The number of aryl methyl sites for hydroxylation is 1.